The zero-order valence-electron chi connectivity index (χ0n) is 12.5. The van der Waals surface area contributed by atoms with Crippen LogP contribution < -0.4 is 0 Å². The summed E-state index contributed by atoms with van der Waals surface area (Å²) < 4.78 is 0. The molecule has 0 fully saturated rings. The number of likely N-dealkylation sites (N-methyl/N-ethyl adjacent to an activating group) is 1. The molecule has 1 amide bonds. The number of nitrogens with zero attached hydrogens (tertiary/aromatic N) is 1. The molecule has 1 aromatic rings. The fraction of sp³-hybridized carbons (Fsp3) is 0.500. The Hall–Kier alpha value is -1.64. The molecule has 104 valence electrons. The summed E-state index contributed by atoms with van der Waals surface area (Å²) in [6, 6.07) is 4.25. The molecule has 3 heteroatoms. The number of hydrogen-bond acceptors (Lipinski definition) is 2. The summed E-state index contributed by atoms with van der Waals surface area (Å²) >= 11 is 0. The molecule has 0 bridgehead atoms. The Bertz CT molecular complexity index is 492. The van der Waals surface area contributed by atoms with Gasteiger partial charge in [0.15, 0.2) is 0 Å². The van der Waals surface area contributed by atoms with Crippen LogP contribution in [-0.2, 0) is 16.0 Å². The van der Waals surface area contributed by atoms with Crippen LogP contribution in [0.1, 0.15) is 35.6 Å². The molecule has 0 radical (unpaired) electrons. The molecule has 3 nitrogen and oxygen atoms in total. The van der Waals surface area contributed by atoms with E-state index in [9.17, 15) is 9.59 Å². The van der Waals surface area contributed by atoms with Crippen molar-refractivity contribution in [2.45, 2.75) is 40.5 Å². The van der Waals surface area contributed by atoms with Gasteiger partial charge in [-0.05, 0) is 56.4 Å². The molecule has 0 aromatic heterocycles. The molecule has 0 aliphatic carbocycles. The zero-order chi connectivity index (χ0) is 14.6. The van der Waals surface area contributed by atoms with Gasteiger partial charge in [0.2, 0.25) is 5.91 Å². The maximum Gasteiger partial charge on any atom is 0.229 e. The van der Waals surface area contributed by atoms with E-state index in [-0.39, 0.29) is 18.1 Å². The molecule has 0 saturated heterocycles. The zero-order valence-corrected chi connectivity index (χ0v) is 12.5. The second-order valence-electron chi connectivity index (χ2n) is 5.24. The highest BCUT2D eigenvalue weighted by Gasteiger charge is 2.12. The van der Waals surface area contributed by atoms with Gasteiger partial charge in [-0.2, -0.15) is 0 Å². The van der Waals surface area contributed by atoms with Crippen LogP contribution in [0.25, 0.3) is 0 Å². The molecule has 0 heterocycles. The third-order valence-electron chi connectivity index (χ3n) is 3.71. The van der Waals surface area contributed by atoms with Gasteiger partial charge in [0, 0.05) is 13.6 Å². The van der Waals surface area contributed by atoms with Crippen molar-refractivity contribution in [1.29, 1.82) is 0 Å². The van der Waals surface area contributed by atoms with Crippen molar-refractivity contribution in [3.8, 4) is 0 Å². The van der Waals surface area contributed by atoms with Crippen LogP contribution in [0.3, 0.4) is 0 Å². The van der Waals surface area contributed by atoms with E-state index in [1.807, 2.05) is 0 Å². The molecular weight excluding hydrogens is 238 g/mol. The summed E-state index contributed by atoms with van der Waals surface area (Å²) in [6.07, 6.45) is 0.829. The SMILES string of the molecule is CC(=O)CC(=O)N(C)CCc1ccc(C)c(C)c1C. The standard InChI is InChI=1S/C16H23NO2/c1-11-6-7-15(14(4)13(11)3)8-9-17(5)16(19)10-12(2)18/h6-7H,8-10H2,1-5H3. The van der Waals surface area contributed by atoms with Crippen LogP contribution in [0.5, 0.6) is 0 Å². The van der Waals surface area contributed by atoms with Gasteiger partial charge < -0.3 is 4.90 Å². The lowest BCUT2D eigenvalue weighted by atomic mass is 9.97. The molecular formula is C16H23NO2. The second kappa shape index (κ2) is 6.50. The highest BCUT2D eigenvalue weighted by atomic mass is 16.2. The van der Waals surface area contributed by atoms with Gasteiger partial charge in [0.25, 0.3) is 0 Å². The number of Topliss-reactive ketones (excluding diaryl/α,β-unsaturated/α-hetero) is 1. The monoisotopic (exact) mass is 261 g/mol. The molecule has 0 spiro atoms. The molecule has 0 atom stereocenters. The van der Waals surface area contributed by atoms with Gasteiger partial charge in [0.1, 0.15) is 5.78 Å². The fourth-order valence-corrected chi connectivity index (χ4v) is 2.04. The summed E-state index contributed by atoms with van der Waals surface area (Å²) in [5.74, 6) is -0.187. The molecule has 0 aliphatic rings. The quantitative estimate of drug-likeness (QED) is 0.764. The molecule has 1 rings (SSSR count). The largest absolute Gasteiger partial charge is 0.345 e. The lowest BCUT2D eigenvalue weighted by molar-refractivity contribution is -0.133. The summed E-state index contributed by atoms with van der Waals surface area (Å²) in [6.45, 7) is 8.44. The Morgan fingerprint density at radius 1 is 1.11 bits per heavy atom. The lowest BCUT2D eigenvalue weighted by Crippen LogP contribution is -2.30. The van der Waals surface area contributed by atoms with Gasteiger partial charge in [-0.1, -0.05) is 12.1 Å². The number of aryl methyl sites for hydroxylation is 1. The van der Waals surface area contributed by atoms with E-state index < -0.39 is 0 Å². The van der Waals surface area contributed by atoms with Crippen LogP contribution in [0.4, 0.5) is 0 Å². The number of rotatable bonds is 5. The molecule has 0 N–H and O–H groups in total. The molecule has 1 aromatic carbocycles. The van der Waals surface area contributed by atoms with E-state index >= 15 is 0 Å². The maximum absolute atomic E-state index is 11.7. The normalized spacial score (nSPS) is 10.4. The minimum Gasteiger partial charge on any atom is -0.345 e. The van der Waals surface area contributed by atoms with Crippen LogP contribution in [0.15, 0.2) is 12.1 Å². The number of ketones is 1. The van der Waals surface area contributed by atoms with Crippen molar-refractivity contribution in [2.75, 3.05) is 13.6 Å². The first-order valence-corrected chi connectivity index (χ1v) is 6.62. The first-order chi connectivity index (χ1) is 8.82. The van der Waals surface area contributed by atoms with Crippen molar-refractivity contribution in [3.05, 3.63) is 34.4 Å². The minimum atomic E-state index is -0.103. The van der Waals surface area contributed by atoms with E-state index in [0.29, 0.717) is 6.54 Å². The Morgan fingerprint density at radius 3 is 2.32 bits per heavy atom. The Labute approximate surface area is 115 Å². The summed E-state index contributed by atoms with van der Waals surface area (Å²) in [7, 11) is 1.75. The van der Waals surface area contributed by atoms with Crippen molar-refractivity contribution in [3.63, 3.8) is 0 Å². The number of amides is 1. The second-order valence-corrected chi connectivity index (χ2v) is 5.24. The molecule has 0 unspecified atom stereocenters. The first kappa shape index (κ1) is 15.4. The summed E-state index contributed by atoms with van der Waals surface area (Å²) in [5, 5.41) is 0. The van der Waals surface area contributed by atoms with Crippen molar-refractivity contribution in [2.24, 2.45) is 0 Å². The molecule has 19 heavy (non-hydrogen) atoms. The van der Waals surface area contributed by atoms with Crippen molar-refractivity contribution >= 4 is 11.7 Å². The van der Waals surface area contributed by atoms with E-state index in [4.69, 9.17) is 0 Å². The third kappa shape index (κ3) is 4.19. The highest BCUT2D eigenvalue weighted by Crippen LogP contribution is 2.17. The van der Waals surface area contributed by atoms with Crippen LogP contribution in [0.2, 0.25) is 0 Å². The van der Waals surface area contributed by atoms with Gasteiger partial charge in [-0.3, -0.25) is 9.59 Å². The maximum atomic E-state index is 11.7. The Kier molecular flexibility index (Phi) is 5.28. The van der Waals surface area contributed by atoms with E-state index in [1.165, 1.54) is 29.2 Å². The third-order valence-corrected chi connectivity index (χ3v) is 3.71. The first-order valence-electron chi connectivity index (χ1n) is 6.62. The smallest absolute Gasteiger partial charge is 0.229 e. The van der Waals surface area contributed by atoms with E-state index in [1.54, 1.807) is 11.9 Å². The Morgan fingerprint density at radius 2 is 1.74 bits per heavy atom. The number of benzene rings is 1. The van der Waals surface area contributed by atoms with Crippen LogP contribution in [0, 0.1) is 20.8 Å². The number of carbonyl (C=O) groups excluding carboxylic acids is 2. The van der Waals surface area contributed by atoms with Crippen LogP contribution in [-0.4, -0.2) is 30.2 Å². The fourth-order valence-electron chi connectivity index (χ4n) is 2.04. The minimum absolute atomic E-state index is 0.00239. The van der Waals surface area contributed by atoms with Gasteiger partial charge in [0.05, 0.1) is 6.42 Å². The molecule has 0 saturated carbocycles. The predicted octanol–water partition coefficient (Wildman–Crippen LogP) is 2.59. The average molecular weight is 261 g/mol. The van der Waals surface area contributed by atoms with E-state index in [0.717, 1.165) is 6.42 Å². The summed E-state index contributed by atoms with van der Waals surface area (Å²) in [4.78, 5) is 24.2. The number of carbonyl (C=O) groups is 2. The Balaban J connectivity index is 2.65. The number of hydrogen-bond donors (Lipinski definition) is 0. The molecule has 0 aliphatic heterocycles. The van der Waals surface area contributed by atoms with E-state index in [2.05, 4.69) is 32.9 Å². The van der Waals surface area contributed by atoms with Gasteiger partial charge in [-0.25, -0.2) is 0 Å². The van der Waals surface area contributed by atoms with Crippen molar-refractivity contribution < 1.29 is 9.59 Å². The average Bonchev–Trinajstić information content (AvgIpc) is 2.34. The van der Waals surface area contributed by atoms with Gasteiger partial charge in [-0.15, -0.1) is 0 Å². The van der Waals surface area contributed by atoms with Gasteiger partial charge >= 0.3 is 0 Å². The summed E-state index contributed by atoms with van der Waals surface area (Å²) in [5.41, 5.74) is 5.18. The van der Waals surface area contributed by atoms with Crippen molar-refractivity contribution in [1.82, 2.24) is 4.90 Å². The highest BCUT2D eigenvalue weighted by molar-refractivity contribution is 5.96. The predicted molar refractivity (Wildman–Crippen MR) is 77.3 cm³/mol. The van der Waals surface area contributed by atoms with Crippen LogP contribution >= 0.6 is 0 Å². The lowest BCUT2D eigenvalue weighted by Gasteiger charge is -2.18. The topological polar surface area (TPSA) is 37.4 Å².